The minimum Gasteiger partial charge on any atom is -0.507 e. The molecule has 1 saturated heterocycles. The van der Waals surface area contributed by atoms with Crippen molar-refractivity contribution in [3.63, 3.8) is 0 Å². The number of Topliss-reactive ketones (excluding diaryl/α,β-unsaturated/α-hetero) is 1. The van der Waals surface area contributed by atoms with E-state index in [2.05, 4.69) is 0 Å². The predicted molar refractivity (Wildman–Crippen MR) is 117 cm³/mol. The van der Waals surface area contributed by atoms with Crippen molar-refractivity contribution >= 4 is 17.4 Å². The van der Waals surface area contributed by atoms with Crippen molar-refractivity contribution in [2.24, 2.45) is 0 Å². The molecule has 1 unspecified atom stereocenters. The van der Waals surface area contributed by atoms with E-state index in [-0.39, 0.29) is 17.9 Å². The van der Waals surface area contributed by atoms with Crippen LogP contribution >= 0.6 is 0 Å². The lowest BCUT2D eigenvalue weighted by Crippen LogP contribution is -2.29. The van der Waals surface area contributed by atoms with E-state index >= 15 is 0 Å². The van der Waals surface area contributed by atoms with Crippen LogP contribution in [0.2, 0.25) is 0 Å². The van der Waals surface area contributed by atoms with Crippen molar-refractivity contribution in [2.45, 2.75) is 19.5 Å². The average molecular weight is 433 g/mol. The minimum atomic E-state index is -0.803. The van der Waals surface area contributed by atoms with Crippen LogP contribution in [0.15, 0.2) is 76.9 Å². The zero-order valence-electron chi connectivity index (χ0n) is 17.8. The summed E-state index contributed by atoms with van der Waals surface area (Å²) >= 11 is 0. The van der Waals surface area contributed by atoms with Gasteiger partial charge in [0.1, 0.15) is 23.0 Å². The molecule has 0 saturated carbocycles. The number of methoxy groups -OCH3 is 1. The van der Waals surface area contributed by atoms with Gasteiger partial charge in [-0.05, 0) is 61.0 Å². The summed E-state index contributed by atoms with van der Waals surface area (Å²) in [6.07, 6.45) is 1.51. The number of ether oxygens (including phenoxy) is 2. The van der Waals surface area contributed by atoms with E-state index in [1.165, 1.54) is 11.2 Å². The number of carbonyl (C=O) groups is 2. The lowest BCUT2D eigenvalue weighted by Gasteiger charge is -2.25. The zero-order chi connectivity index (χ0) is 22.7. The molecule has 7 nitrogen and oxygen atoms in total. The first-order valence-corrected chi connectivity index (χ1v) is 10.2. The van der Waals surface area contributed by atoms with Crippen molar-refractivity contribution in [3.05, 3.63) is 89.4 Å². The third-order valence-corrected chi connectivity index (χ3v) is 5.29. The molecule has 1 N–H and O–H groups in total. The Kier molecular flexibility index (Phi) is 5.98. The van der Waals surface area contributed by atoms with E-state index in [0.29, 0.717) is 35.0 Å². The van der Waals surface area contributed by atoms with Crippen LogP contribution in [-0.4, -0.2) is 35.4 Å². The fourth-order valence-electron chi connectivity index (χ4n) is 3.81. The van der Waals surface area contributed by atoms with Gasteiger partial charge in [-0.15, -0.1) is 0 Å². The number of nitrogens with zero attached hydrogens (tertiary/aromatic N) is 1. The quantitative estimate of drug-likeness (QED) is 0.339. The monoisotopic (exact) mass is 433 g/mol. The Morgan fingerprint density at radius 2 is 1.84 bits per heavy atom. The number of furan rings is 1. The van der Waals surface area contributed by atoms with E-state index in [0.717, 1.165) is 0 Å². The topological polar surface area (TPSA) is 89.2 Å². The number of hydrogen-bond acceptors (Lipinski definition) is 6. The Morgan fingerprint density at radius 3 is 2.50 bits per heavy atom. The second-order valence-corrected chi connectivity index (χ2v) is 7.24. The number of aliphatic hydroxyl groups excluding tert-OH is 1. The summed E-state index contributed by atoms with van der Waals surface area (Å²) in [7, 11) is 1.54. The maximum atomic E-state index is 13.1. The SMILES string of the molecule is CCOc1cccc(C2/C(=C(/O)c3ccc(OC)cc3)C(=O)C(=O)N2Cc2ccco2)c1. The highest BCUT2D eigenvalue weighted by atomic mass is 16.5. The maximum absolute atomic E-state index is 13.1. The van der Waals surface area contributed by atoms with E-state index in [1.807, 2.05) is 6.92 Å². The number of ketones is 1. The van der Waals surface area contributed by atoms with Crippen LogP contribution in [0, 0.1) is 0 Å². The number of aliphatic hydroxyl groups is 1. The van der Waals surface area contributed by atoms with Crippen LogP contribution in [0.1, 0.15) is 29.9 Å². The molecule has 164 valence electrons. The van der Waals surface area contributed by atoms with Crippen molar-refractivity contribution in [2.75, 3.05) is 13.7 Å². The fourth-order valence-corrected chi connectivity index (χ4v) is 3.81. The molecule has 1 aliphatic heterocycles. The van der Waals surface area contributed by atoms with Crippen molar-refractivity contribution in [1.82, 2.24) is 4.90 Å². The van der Waals surface area contributed by atoms with Gasteiger partial charge in [-0.1, -0.05) is 12.1 Å². The maximum Gasteiger partial charge on any atom is 0.296 e. The summed E-state index contributed by atoms with van der Waals surface area (Å²) in [5.74, 6) is 0.0424. The summed E-state index contributed by atoms with van der Waals surface area (Å²) in [5.41, 5.74) is 1.07. The highest BCUT2D eigenvalue weighted by Crippen LogP contribution is 2.41. The van der Waals surface area contributed by atoms with Crippen LogP contribution < -0.4 is 9.47 Å². The lowest BCUT2D eigenvalue weighted by molar-refractivity contribution is -0.140. The molecule has 0 bridgehead atoms. The Bertz CT molecular complexity index is 1150. The molecule has 7 heteroatoms. The molecule has 3 aromatic rings. The largest absolute Gasteiger partial charge is 0.507 e. The molecule has 1 amide bonds. The van der Waals surface area contributed by atoms with Gasteiger partial charge in [-0.2, -0.15) is 0 Å². The molecular formula is C25H23NO6. The average Bonchev–Trinajstić information content (AvgIpc) is 3.41. The van der Waals surface area contributed by atoms with Crippen LogP contribution in [0.5, 0.6) is 11.5 Å². The Labute approximate surface area is 185 Å². The first-order valence-electron chi connectivity index (χ1n) is 10.2. The van der Waals surface area contributed by atoms with Gasteiger partial charge in [0.15, 0.2) is 0 Å². The number of hydrogen-bond donors (Lipinski definition) is 1. The molecule has 0 radical (unpaired) electrons. The van der Waals surface area contributed by atoms with Gasteiger partial charge < -0.3 is 23.9 Å². The molecule has 2 heterocycles. The standard InChI is InChI=1S/C25H23NO6/c1-3-31-19-7-4-6-17(14-19)22-21(23(27)16-9-11-18(30-2)12-10-16)24(28)25(29)26(22)15-20-8-5-13-32-20/h4-14,22,27H,3,15H2,1-2H3/b23-21-. The molecule has 4 rings (SSSR count). The second-order valence-electron chi connectivity index (χ2n) is 7.24. The Balaban J connectivity index is 1.84. The first kappa shape index (κ1) is 21.2. The van der Waals surface area contributed by atoms with Crippen LogP contribution in [-0.2, 0) is 16.1 Å². The number of benzene rings is 2. The van der Waals surface area contributed by atoms with E-state index in [4.69, 9.17) is 13.9 Å². The van der Waals surface area contributed by atoms with Gasteiger partial charge in [-0.25, -0.2) is 0 Å². The van der Waals surface area contributed by atoms with Crippen molar-refractivity contribution in [1.29, 1.82) is 0 Å². The van der Waals surface area contributed by atoms with Crippen LogP contribution in [0.4, 0.5) is 0 Å². The van der Waals surface area contributed by atoms with Gasteiger partial charge >= 0.3 is 0 Å². The fraction of sp³-hybridized carbons (Fsp3) is 0.200. The van der Waals surface area contributed by atoms with Gasteiger partial charge in [0.25, 0.3) is 11.7 Å². The minimum absolute atomic E-state index is 0.0142. The van der Waals surface area contributed by atoms with Crippen molar-refractivity contribution < 1.29 is 28.6 Å². The second kappa shape index (κ2) is 9.01. The van der Waals surface area contributed by atoms with Crippen molar-refractivity contribution in [3.8, 4) is 11.5 Å². The number of likely N-dealkylation sites (tertiary alicyclic amines) is 1. The Hall–Kier alpha value is -4.00. The van der Waals surface area contributed by atoms with Crippen LogP contribution in [0.25, 0.3) is 5.76 Å². The van der Waals surface area contributed by atoms with E-state index in [9.17, 15) is 14.7 Å². The summed E-state index contributed by atoms with van der Waals surface area (Å²) in [6, 6.07) is 16.5. The summed E-state index contributed by atoms with van der Waals surface area (Å²) < 4.78 is 16.2. The number of amides is 1. The predicted octanol–water partition coefficient (Wildman–Crippen LogP) is 4.31. The highest BCUT2D eigenvalue weighted by molar-refractivity contribution is 6.46. The third kappa shape index (κ3) is 3.97. The molecule has 2 aromatic carbocycles. The summed E-state index contributed by atoms with van der Waals surface area (Å²) in [4.78, 5) is 27.5. The van der Waals surface area contributed by atoms with E-state index < -0.39 is 17.7 Å². The first-order chi connectivity index (χ1) is 15.5. The molecular weight excluding hydrogens is 410 g/mol. The molecule has 0 spiro atoms. The highest BCUT2D eigenvalue weighted by Gasteiger charge is 2.46. The molecule has 1 aliphatic rings. The number of rotatable bonds is 7. The van der Waals surface area contributed by atoms with Crippen LogP contribution in [0.3, 0.4) is 0 Å². The normalized spacial score (nSPS) is 17.6. The smallest absolute Gasteiger partial charge is 0.296 e. The molecule has 1 atom stereocenters. The molecule has 32 heavy (non-hydrogen) atoms. The van der Waals surface area contributed by atoms with Gasteiger partial charge in [-0.3, -0.25) is 9.59 Å². The van der Waals surface area contributed by atoms with E-state index in [1.54, 1.807) is 67.8 Å². The van der Waals surface area contributed by atoms with Gasteiger partial charge in [0.05, 0.1) is 38.1 Å². The molecule has 0 aliphatic carbocycles. The van der Waals surface area contributed by atoms with Gasteiger partial charge in [0.2, 0.25) is 0 Å². The number of carbonyl (C=O) groups excluding carboxylic acids is 2. The Morgan fingerprint density at radius 1 is 1.06 bits per heavy atom. The lowest BCUT2D eigenvalue weighted by atomic mass is 9.95. The summed E-state index contributed by atoms with van der Waals surface area (Å²) in [6.45, 7) is 2.43. The zero-order valence-corrected chi connectivity index (χ0v) is 17.8. The molecule has 1 aromatic heterocycles. The molecule has 1 fully saturated rings. The summed E-state index contributed by atoms with van der Waals surface area (Å²) in [5, 5.41) is 11.1. The van der Waals surface area contributed by atoms with Gasteiger partial charge in [0, 0.05) is 5.56 Å². The third-order valence-electron chi connectivity index (χ3n) is 5.29.